The molecule has 1 fully saturated rings. The molecule has 0 radical (unpaired) electrons. The summed E-state index contributed by atoms with van der Waals surface area (Å²) in [7, 11) is 0. The van der Waals surface area contributed by atoms with Crippen molar-refractivity contribution in [2.24, 2.45) is 0 Å². The van der Waals surface area contributed by atoms with Gasteiger partial charge in [0, 0.05) is 31.0 Å². The standard InChI is InChI=1S/C17H20FN3/c1-2-21(16-5-3-4-14(18)10-16)17-9-6-13(12-20-17)11-19-15-7-8-15/h3-6,9-10,12,15,19H,2,7-8,11H2,1H3. The number of rotatable bonds is 6. The number of nitrogens with one attached hydrogen (secondary N) is 1. The molecule has 3 rings (SSSR count). The molecular formula is C17H20FN3. The lowest BCUT2D eigenvalue weighted by molar-refractivity contribution is 0.627. The second-order valence-corrected chi connectivity index (χ2v) is 5.40. The number of hydrogen-bond acceptors (Lipinski definition) is 3. The Morgan fingerprint density at radius 1 is 1.29 bits per heavy atom. The van der Waals surface area contributed by atoms with Crippen molar-refractivity contribution >= 4 is 11.5 Å². The maximum Gasteiger partial charge on any atom is 0.132 e. The summed E-state index contributed by atoms with van der Waals surface area (Å²) in [5.41, 5.74) is 2.01. The molecule has 1 aromatic carbocycles. The molecule has 4 heteroatoms. The first-order chi connectivity index (χ1) is 10.3. The third-order valence-corrected chi connectivity index (χ3v) is 3.69. The van der Waals surface area contributed by atoms with Crippen LogP contribution in [0.15, 0.2) is 42.6 Å². The fourth-order valence-corrected chi connectivity index (χ4v) is 2.35. The quantitative estimate of drug-likeness (QED) is 0.878. The Balaban J connectivity index is 1.73. The van der Waals surface area contributed by atoms with Gasteiger partial charge in [-0.15, -0.1) is 0 Å². The van der Waals surface area contributed by atoms with E-state index in [-0.39, 0.29) is 5.82 Å². The van der Waals surface area contributed by atoms with E-state index in [1.807, 2.05) is 30.2 Å². The summed E-state index contributed by atoms with van der Waals surface area (Å²) in [5, 5.41) is 3.47. The van der Waals surface area contributed by atoms with Gasteiger partial charge in [0.1, 0.15) is 11.6 Å². The van der Waals surface area contributed by atoms with Crippen LogP contribution >= 0.6 is 0 Å². The van der Waals surface area contributed by atoms with Gasteiger partial charge in [0.2, 0.25) is 0 Å². The average Bonchev–Trinajstić information content (AvgIpc) is 3.32. The van der Waals surface area contributed by atoms with E-state index < -0.39 is 0 Å². The van der Waals surface area contributed by atoms with Crippen molar-refractivity contribution in [3.8, 4) is 0 Å². The van der Waals surface area contributed by atoms with Crippen LogP contribution in [-0.2, 0) is 6.54 Å². The minimum Gasteiger partial charge on any atom is -0.327 e. The van der Waals surface area contributed by atoms with Crippen molar-refractivity contribution in [1.82, 2.24) is 10.3 Å². The maximum absolute atomic E-state index is 13.4. The van der Waals surface area contributed by atoms with Crippen molar-refractivity contribution < 1.29 is 4.39 Å². The van der Waals surface area contributed by atoms with Crippen molar-refractivity contribution in [2.45, 2.75) is 32.4 Å². The highest BCUT2D eigenvalue weighted by Crippen LogP contribution is 2.24. The molecule has 0 amide bonds. The van der Waals surface area contributed by atoms with Crippen molar-refractivity contribution in [3.05, 3.63) is 54.0 Å². The van der Waals surface area contributed by atoms with Crippen LogP contribution < -0.4 is 10.2 Å². The first-order valence-corrected chi connectivity index (χ1v) is 7.47. The van der Waals surface area contributed by atoms with Crippen LogP contribution in [0.5, 0.6) is 0 Å². The maximum atomic E-state index is 13.4. The Bertz CT molecular complexity index is 593. The number of anilines is 2. The summed E-state index contributed by atoms with van der Waals surface area (Å²) in [5.74, 6) is 0.620. The summed E-state index contributed by atoms with van der Waals surface area (Å²) in [6.45, 7) is 3.65. The smallest absolute Gasteiger partial charge is 0.132 e. The lowest BCUT2D eigenvalue weighted by Gasteiger charge is -2.22. The second kappa shape index (κ2) is 6.22. The zero-order valence-electron chi connectivity index (χ0n) is 12.2. The first kappa shape index (κ1) is 14.0. The fourth-order valence-electron chi connectivity index (χ4n) is 2.35. The van der Waals surface area contributed by atoms with Gasteiger partial charge in [-0.3, -0.25) is 0 Å². The molecule has 0 unspecified atom stereocenters. The van der Waals surface area contributed by atoms with Gasteiger partial charge in [-0.1, -0.05) is 12.1 Å². The number of halogens is 1. The van der Waals surface area contributed by atoms with Gasteiger partial charge in [-0.25, -0.2) is 9.37 Å². The predicted molar refractivity (Wildman–Crippen MR) is 83.2 cm³/mol. The zero-order chi connectivity index (χ0) is 14.7. The van der Waals surface area contributed by atoms with E-state index in [9.17, 15) is 4.39 Å². The second-order valence-electron chi connectivity index (χ2n) is 5.40. The van der Waals surface area contributed by atoms with Crippen molar-refractivity contribution in [2.75, 3.05) is 11.4 Å². The summed E-state index contributed by atoms with van der Waals surface area (Å²) in [6, 6.07) is 11.4. The van der Waals surface area contributed by atoms with Gasteiger partial charge in [-0.05, 0) is 49.6 Å². The largest absolute Gasteiger partial charge is 0.327 e. The highest BCUT2D eigenvalue weighted by molar-refractivity contribution is 5.59. The Morgan fingerprint density at radius 3 is 2.76 bits per heavy atom. The lowest BCUT2D eigenvalue weighted by atomic mass is 10.2. The molecule has 0 aliphatic heterocycles. The molecule has 1 N–H and O–H groups in total. The van der Waals surface area contributed by atoms with Crippen LogP contribution in [0.1, 0.15) is 25.3 Å². The molecule has 1 saturated carbocycles. The van der Waals surface area contributed by atoms with Crippen LogP contribution in [0.25, 0.3) is 0 Å². The highest BCUT2D eigenvalue weighted by Gasteiger charge is 2.20. The van der Waals surface area contributed by atoms with Crippen molar-refractivity contribution in [1.29, 1.82) is 0 Å². The summed E-state index contributed by atoms with van der Waals surface area (Å²) in [6.07, 6.45) is 4.47. The molecule has 0 spiro atoms. The fraction of sp³-hybridized carbons (Fsp3) is 0.353. The van der Waals surface area contributed by atoms with E-state index in [2.05, 4.69) is 16.4 Å². The number of aromatic nitrogens is 1. The van der Waals surface area contributed by atoms with Gasteiger partial charge in [0.05, 0.1) is 0 Å². The normalized spacial score (nSPS) is 14.2. The lowest BCUT2D eigenvalue weighted by Crippen LogP contribution is -2.18. The third-order valence-electron chi connectivity index (χ3n) is 3.69. The van der Waals surface area contributed by atoms with Crippen LogP contribution in [0.2, 0.25) is 0 Å². The first-order valence-electron chi connectivity index (χ1n) is 7.47. The Labute approximate surface area is 124 Å². The number of benzene rings is 1. The monoisotopic (exact) mass is 285 g/mol. The predicted octanol–water partition coefficient (Wildman–Crippen LogP) is 3.63. The van der Waals surface area contributed by atoms with Crippen molar-refractivity contribution in [3.63, 3.8) is 0 Å². The summed E-state index contributed by atoms with van der Waals surface area (Å²) < 4.78 is 13.4. The van der Waals surface area contributed by atoms with E-state index in [0.717, 1.165) is 24.6 Å². The molecule has 0 bridgehead atoms. The molecule has 3 nitrogen and oxygen atoms in total. The molecular weight excluding hydrogens is 265 g/mol. The molecule has 0 atom stereocenters. The van der Waals surface area contributed by atoms with Gasteiger partial charge in [0.25, 0.3) is 0 Å². The summed E-state index contributed by atoms with van der Waals surface area (Å²) in [4.78, 5) is 6.52. The number of hydrogen-bond donors (Lipinski definition) is 1. The van der Waals surface area contributed by atoms with Crippen LogP contribution in [0.3, 0.4) is 0 Å². The average molecular weight is 285 g/mol. The van der Waals surface area contributed by atoms with Gasteiger partial charge in [-0.2, -0.15) is 0 Å². The molecule has 2 aromatic rings. The molecule has 1 aliphatic carbocycles. The van der Waals surface area contributed by atoms with Gasteiger partial charge in [0.15, 0.2) is 0 Å². The van der Waals surface area contributed by atoms with E-state index >= 15 is 0 Å². The third kappa shape index (κ3) is 3.58. The molecule has 0 saturated heterocycles. The van der Waals surface area contributed by atoms with Crippen LogP contribution in [-0.4, -0.2) is 17.6 Å². The zero-order valence-corrected chi connectivity index (χ0v) is 12.2. The molecule has 1 heterocycles. The summed E-state index contributed by atoms with van der Waals surface area (Å²) >= 11 is 0. The Hall–Kier alpha value is -1.94. The Morgan fingerprint density at radius 2 is 2.14 bits per heavy atom. The molecule has 1 aliphatic rings. The van der Waals surface area contributed by atoms with Gasteiger partial charge >= 0.3 is 0 Å². The molecule has 21 heavy (non-hydrogen) atoms. The Kier molecular flexibility index (Phi) is 4.15. The SMILES string of the molecule is CCN(c1cccc(F)c1)c1ccc(CNC2CC2)cn1. The van der Waals surface area contributed by atoms with E-state index in [4.69, 9.17) is 0 Å². The van der Waals surface area contributed by atoms with Crippen LogP contribution in [0, 0.1) is 5.82 Å². The minimum absolute atomic E-state index is 0.226. The molecule has 110 valence electrons. The van der Waals surface area contributed by atoms with Crippen LogP contribution in [0.4, 0.5) is 15.9 Å². The van der Waals surface area contributed by atoms with Gasteiger partial charge < -0.3 is 10.2 Å². The number of nitrogens with zero attached hydrogens (tertiary/aromatic N) is 2. The minimum atomic E-state index is -0.226. The van der Waals surface area contributed by atoms with E-state index in [0.29, 0.717) is 6.04 Å². The molecule has 1 aromatic heterocycles. The topological polar surface area (TPSA) is 28.2 Å². The number of pyridine rings is 1. The highest BCUT2D eigenvalue weighted by atomic mass is 19.1. The van der Waals surface area contributed by atoms with E-state index in [1.165, 1.54) is 30.5 Å². The van der Waals surface area contributed by atoms with E-state index in [1.54, 1.807) is 6.07 Å².